The Morgan fingerprint density at radius 2 is 1.83 bits per heavy atom. The Hall–Kier alpha value is -0.370. The van der Waals surface area contributed by atoms with E-state index in [0.29, 0.717) is 24.7 Å². The normalized spacial score (nSPS) is 10.7. The highest BCUT2D eigenvalue weighted by molar-refractivity contribution is 5.78. The quantitative estimate of drug-likeness (QED) is 0.637. The second-order valence-corrected chi connectivity index (χ2v) is 3.72. The summed E-state index contributed by atoms with van der Waals surface area (Å²) in [5.74, 6) is 1.09. The van der Waals surface area contributed by atoms with E-state index in [1.807, 2.05) is 0 Å². The van der Waals surface area contributed by atoms with Gasteiger partial charge < -0.3 is 5.73 Å². The van der Waals surface area contributed by atoms with Crippen LogP contribution in [0.2, 0.25) is 0 Å². The summed E-state index contributed by atoms with van der Waals surface area (Å²) in [5, 5.41) is 0. The lowest BCUT2D eigenvalue weighted by molar-refractivity contribution is -0.119. The highest BCUT2D eigenvalue weighted by Crippen LogP contribution is 2.07. The molecule has 0 atom stereocenters. The van der Waals surface area contributed by atoms with E-state index < -0.39 is 0 Å². The first-order valence-corrected chi connectivity index (χ1v) is 4.88. The minimum atomic E-state index is 0.376. The third-order valence-corrected chi connectivity index (χ3v) is 1.90. The van der Waals surface area contributed by atoms with Gasteiger partial charge in [-0.15, -0.1) is 0 Å². The number of hydrogen-bond acceptors (Lipinski definition) is 2. The number of hydrogen-bond donors (Lipinski definition) is 1. The largest absolute Gasteiger partial charge is 0.330 e. The van der Waals surface area contributed by atoms with Crippen molar-refractivity contribution in [3.63, 3.8) is 0 Å². The number of nitrogens with two attached hydrogens (primary N) is 1. The van der Waals surface area contributed by atoms with Gasteiger partial charge >= 0.3 is 0 Å². The minimum Gasteiger partial charge on any atom is -0.330 e. The Morgan fingerprint density at radius 3 is 2.33 bits per heavy atom. The maximum atomic E-state index is 11.1. The van der Waals surface area contributed by atoms with E-state index in [4.69, 9.17) is 5.73 Å². The summed E-state index contributed by atoms with van der Waals surface area (Å²) in [4.78, 5) is 11.1. The van der Waals surface area contributed by atoms with E-state index in [9.17, 15) is 4.79 Å². The van der Waals surface area contributed by atoms with Crippen LogP contribution in [0, 0.1) is 5.92 Å². The standard InChI is InChI=1S/C10H21NO/c1-9(2)5-3-6-10(12)7-4-8-11/h9H,3-8,11H2,1-2H3. The molecule has 0 aliphatic carbocycles. The highest BCUT2D eigenvalue weighted by Gasteiger charge is 2.01. The van der Waals surface area contributed by atoms with E-state index in [0.717, 1.165) is 25.7 Å². The maximum absolute atomic E-state index is 11.1. The molecule has 0 amide bonds. The molecule has 0 rings (SSSR count). The predicted octanol–water partition coefficient (Wildman–Crippen LogP) is 2.12. The zero-order valence-electron chi connectivity index (χ0n) is 8.31. The molecular weight excluding hydrogens is 150 g/mol. The van der Waals surface area contributed by atoms with Crippen LogP contribution in [0.1, 0.15) is 46.0 Å². The zero-order chi connectivity index (χ0) is 9.40. The highest BCUT2D eigenvalue weighted by atomic mass is 16.1. The maximum Gasteiger partial charge on any atom is 0.132 e. The summed E-state index contributed by atoms with van der Waals surface area (Å²) in [5.41, 5.74) is 5.30. The van der Waals surface area contributed by atoms with Crippen LogP contribution in [0.15, 0.2) is 0 Å². The molecule has 72 valence electrons. The summed E-state index contributed by atoms with van der Waals surface area (Å²) in [7, 11) is 0. The Labute approximate surface area is 75.5 Å². The lowest BCUT2D eigenvalue weighted by Gasteiger charge is -2.02. The SMILES string of the molecule is CC(C)CCCC(=O)CCCN. The fourth-order valence-electron chi connectivity index (χ4n) is 1.13. The van der Waals surface area contributed by atoms with E-state index in [-0.39, 0.29) is 0 Å². The summed E-state index contributed by atoms with van der Waals surface area (Å²) in [6, 6.07) is 0. The average molecular weight is 171 g/mol. The van der Waals surface area contributed by atoms with Gasteiger partial charge in [-0.1, -0.05) is 20.3 Å². The average Bonchev–Trinajstić information content (AvgIpc) is 2.00. The molecule has 0 aromatic rings. The molecule has 0 heterocycles. The molecule has 2 nitrogen and oxygen atoms in total. The van der Waals surface area contributed by atoms with Crippen molar-refractivity contribution >= 4 is 5.78 Å². The van der Waals surface area contributed by atoms with E-state index in [2.05, 4.69) is 13.8 Å². The van der Waals surface area contributed by atoms with Gasteiger partial charge in [0.1, 0.15) is 5.78 Å². The van der Waals surface area contributed by atoms with Crippen LogP contribution in [0.5, 0.6) is 0 Å². The fourth-order valence-corrected chi connectivity index (χ4v) is 1.13. The molecule has 0 spiro atoms. The first kappa shape index (κ1) is 11.6. The monoisotopic (exact) mass is 171 g/mol. The summed E-state index contributed by atoms with van der Waals surface area (Å²) < 4.78 is 0. The zero-order valence-corrected chi connectivity index (χ0v) is 8.31. The van der Waals surface area contributed by atoms with E-state index in [1.165, 1.54) is 0 Å². The van der Waals surface area contributed by atoms with Crippen LogP contribution in [0.4, 0.5) is 0 Å². The molecule has 0 aliphatic heterocycles. The van der Waals surface area contributed by atoms with Crippen molar-refractivity contribution in [1.82, 2.24) is 0 Å². The van der Waals surface area contributed by atoms with Gasteiger partial charge in [0.2, 0.25) is 0 Å². The lowest BCUT2D eigenvalue weighted by atomic mass is 10.0. The van der Waals surface area contributed by atoms with Crippen molar-refractivity contribution in [3.8, 4) is 0 Å². The molecule has 0 saturated heterocycles. The fraction of sp³-hybridized carbons (Fsp3) is 0.900. The number of ketones is 1. The minimum absolute atomic E-state index is 0.376. The molecule has 12 heavy (non-hydrogen) atoms. The molecule has 0 aromatic carbocycles. The Balaban J connectivity index is 3.20. The molecule has 0 saturated carbocycles. The third kappa shape index (κ3) is 7.73. The second-order valence-electron chi connectivity index (χ2n) is 3.72. The molecule has 0 aliphatic rings. The van der Waals surface area contributed by atoms with E-state index in [1.54, 1.807) is 0 Å². The lowest BCUT2D eigenvalue weighted by Crippen LogP contribution is -2.04. The van der Waals surface area contributed by atoms with Crippen LogP contribution in [-0.4, -0.2) is 12.3 Å². The van der Waals surface area contributed by atoms with Gasteiger partial charge in [-0.3, -0.25) is 4.79 Å². The van der Waals surface area contributed by atoms with Crippen molar-refractivity contribution in [2.45, 2.75) is 46.0 Å². The van der Waals surface area contributed by atoms with Gasteiger partial charge in [-0.2, -0.15) is 0 Å². The van der Waals surface area contributed by atoms with Gasteiger partial charge in [-0.25, -0.2) is 0 Å². The van der Waals surface area contributed by atoms with Gasteiger partial charge in [0, 0.05) is 12.8 Å². The molecule has 2 heteroatoms. The number of carbonyl (C=O) groups excluding carboxylic acids is 1. The third-order valence-electron chi connectivity index (χ3n) is 1.90. The van der Waals surface area contributed by atoms with Crippen LogP contribution < -0.4 is 5.73 Å². The summed E-state index contributed by atoms with van der Waals surface area (Å²) >= 11 is 0. The van der Waals surface area contributed by atoms with Gasteiger partial charge in [-0.05, 0) is 25.3 Å². The van der Waals surface area contributed by atoms with E-state index >= 15 is 0 Å². The van der Waals surface area contributed by atoms with Gasteiger partial charge in [0.05, 0.1) is 0 Å². The Morgan fingerprint density at radius 1 is 1.25 bits per heavy atom. The molecule has 0 radical (unpaired) electrons. The molecule has 0 bridgehead atoms. The van der Waals surface area contributed by atoms with Crippen molar-refractivity contribution in [3.05, 3.63) is 0 Å². The first-order valence-electron chi connectivity index (χ1n) is 4.88. The van der Waals surface area contributed by atoms with Crippen LogP contribution in [0.25, 0.3) is 0 Å². The molecule has 0 fully saturated rings. The molecule has 0 aromatic heterocycles. The van der Waals surface area contributed by atoms with Crippen LogP contribution >= 0.6 is 0 Å². The summed E-state index contributed by atoms with van der Waals surface area (Å²) in [6.45, 7) is 5.00. The molecule has 0 unspecified atom stereocenters. The number of carbonyl (C=O) groups is 1. The van der Waals surface area contributed by atoms with Crippen molar-refractivity contribution < 1.29 is 4.79 Å². The van der Waals surface area contributed by atoms with Gasteiger partial charge in [0.15, 0.2) is 0 Å². The number of Topliss-reactive ketones (excluding diaryl/α,β-unsaturated/α-hetero) is 1. The molecule has 2 N–H and O–H groups in total. The smallest absolute Gasteiger partial charge is 0.132 e. The second kappa shape index (κ2) is 7.29. The topological polar surface area (TPSA) is 43.1 Å². The molecular formula is C10H21NO. The van der Waals surface area contributed by atoms with Gasteiger partial charge in [0.25, 0.3) is 0 Å². The first-order chi connectivity index (χ1) is 5.66. The Bertz CT molecular complexity index is 121. The van der Waals surface area contributed by atoms with Crippen molar-refractivity contribution in [1.29, 1.82) is 0 Å². The number of rotatable bonds is 7. The van der Waals surface area contributed by atoms with Crippen molar-refractivity contribution in [2.24, 2.45) is 11.7 Å². The Kier molecular flexibility index (Phi) is 7.06. The van der Waals surface area contributed by atoms with Crippen molar-refractivity contribution in [2.75, 3.05) is 6.54 Å². The summed E-state index contributed by atoms with van der Waals surface area (Å²) in [6.07, 6.45) is 4.47. The predicted molar refractivity (Wildman–Crippen MR) is 52.0 cm³/mol. The van der Waals surface area contributed by atoms with Crippen LogP contribution in [0.3, 0.4) is 0 Å². The van der Waals surface area contributed by atoms with Crippen LogP contribution in [-0.2, 0) is 4.79 Å².